The minimum Gasteiger partial charge on any atom is -0.321 e. The molecule has 0 aromatic heterocycles. The molecule has 1 spiro atoms. The zero-order valence-corrected chi connectivity index (χ0v) is 17.4. The molecule has 5 rings (SSSR count). The highest BCUT2D eigenvalue weighted by Gasteiger charge is 2.52. The van der Waals surface area contributed by atoms with Gasteiger partial charge in [-0.05, 0) is 42.4 Å². The van der Waals surface area contributed by atoms with E-state index in [-0.39, 0.29) is 5.91 Å². The summed E-state index contributed by atoms with van der Waals surface area (Å²) in [4.78, 5) is 25.7. The van der Waals surface area contributed by atoms with E-state index in [0.717, 1.165) is 45.0 Å². The van der Waals surface area contributed by atoms with Crippen LogP contribution in [0.1, 0.15) is 38.2 Å². The molecule has 3 aromatic rings. The average Bonchev–Trinajstić information content (AvgIpc) is 3.00. The Morgan fingerprint density at radius 1 is 1.00 bits per heavy atom. The second-order valence-electron chi connectivity index (χ2n) is 8.38. The summed E-state index contributed by atoms with van der Waals surface area (Å²) < 4.78 is 0. The zero-order valence-electron chi connectivity index (χ0n) is 16.7. The van der Waals surface area contributed by atoms with Crippen molar-refractivity contribution >= 4 is 51.3 Å². The van der Waals surface area contributed by atoms with Crippen LogP contribution in [-0.2, 0) is 4.79 Å². The van der Waals surface area contributed by atoms with E-state index in [1.54, 1.807) is 6.21 Å². The molecular weight excluding hydrogens is 398 g/mol. The van der Waals surface area contributed by atoms with Gasteiger partial charge < -0.3 is 5.32 Å². The van der Waals surface area contributed by atoms with Crippen LogP contribution < -0.4 is 5.32 Å². The highest BCUT2D eigenvalue weighted by atomic mass is 35.5. The number of nitrogens with zero attached hydrogens (tertiary/aromatic N) is 2. The Morgan fingerprint density at radius 2 is 1.53 bits per heavy atom. The van der Waals surface area contributed by atoms with E-state index < -0.39 is 11.6 Å². The highest BCUT2D eigenvalue weighted by molar-refractivity contribution is 6.42. The Kier molecular flexibility index (Phi) is 4.51. The number of halogens is 1. The molecule has 5 nitrogen and oxygen atoms in total. The summed E-state index contributed by atoms with van der Waals surface area (Å²) in [6, 6.07) is 15.2. The summed E-state index contributed by atoms with van der Waals surface area (Å²) in [7, 11) is 0. The summed E-state index contributed by atoms with van der Waals surface area (Å²) in [5, 5.41) is 12.6. The van der Waals surface area contributed by atoms with E-state index in [1.165, 1.54) is 0 Å². The molecule has 1 aliphatic carbocycles. The Morgan fingerprint density at radius 3 is 2.10 bits per heavy atom. The van der Waals surface area contributed by atoms with Gasteiger partial charge >= 0.3 is 6.03 Å². The number of rotatable bonds is 2. The first-order valence-electron chi connectivity index (χ1n) is 10.3. The van der Waals surface area contributed by atoms with E-state index in [0.29, 0.717) is 23.8 Å². The number of hydrogen-bond acceptors (Lipinski definition) is 3. The topological polar surface area (TPSA) is 61.8 Å². The van der Waals surface area contributed by atoms with Gasteiger partial charge in [-0.25, -0.2) is 4.79 Å². The predicted octanol–water partition coefficient (Wildman–Crippen LogP) is 5.48. The first-order chi connectivity index (χ1) is 14.5. The molecule has 0 unspecified atom stereocenters. The van der Waals surface area contributed by atoms with Crippen LogP contribution in [0.3, 0.4) is 0 Å². The number of nitrogens with one attached hydrogen (secondary N) is 1. The number of hydrogen-bond donors (Lipinski definition) is 1. The van der Waals surface area contributed by atoms with Crippen molar-refractivity contribution in [2.24, 2.45) is 11.0 Å². The number of fused-ring (bicyclic) bond motifs is 2. The van der Waals surface area contributed by atoms with E-state index >= 15 is 0 Å². The maximum Gasteiger partial charge on any atom is 0.346 e. The molecule has 1 N–H and O–H groups in total. The lowest BCUT2D eigenvalue weighted by atomic mass is 9.77. The predicted molar refractivity (Wildman–Crippen MR) is 120 cm³/mol. The van der Waals surface area contributed by atoms with E-state index in [2.05, 4.69) is 17.3 Å². The van der Waals surface area contributed by atoms with Gasteiger partial charge in [0.15, 0.2) is 0 Å². The van der Waals surface area contributed by atoms with Crippen molar-refractivity contribution in [1.29, 1.82) is 0 Å². The molecule has 3 aromatic carbocycles. The molecule has 1 saturated carbocycles. The zero-order chi connectivity index (χ0) is 20.9. The third kappa shape index (κ3) is 2.88. The standard InChI is InChI=1S/C24H22ClN3O2/c1-15-10-12-24(13-11-15)22(29)28(23(30)27-24)26-14-20-16-6-2-4-8-18(16)21(25)19-9-5-3-7-17(19)20/h2-9,14-15H,10-13H2,1H3,(H,27,30)/b26-14+. The van der Waals surface area contributed by atoms with Crippen LogP contribution in [-0.4, -0.2) is 28.7 Å². The van der Waals surface area contributed by atoms with Gasteiger partial charge in [0.25, 0.3) is 5.91 Å². The maximum atomic E-state index is 13.1. The number of benzene rings is 3. The Labute approximate surface area is 179 Å². The fourth-order valence-electron chi connectivity index (χ4n) is 4.67. The number of hydrazone groups is 1. The minimum atomic E-state index is -0.801. The van der Waals surface area contributed by atoms with Gasteiger partial charge in [0.05, 0.1) is 11.2 Å². The SMILES string of the molecule is CC1CCC2(CC1)NC(=O)N(/N=C/c1c3ccccc3c(Cl)c3ccccc13)C2=O. The molecule has 2 aliphatic rings. The second-order valence-corrected chi connectivity index (χ2v) is 8.75. The van der Waals surface area contributed by atoms with Crippen LogP contribution in [0.5, 0.6) is 0 Å². The van der Waals surface area contributed by atoms with Gasteiger partial charge in [-0.3, -0.25) is 4.79 Å². The molecule has 0 atom stereocenters. The molecular formula is C24H22ClN3O2. The molecule has 3 amide bonds. The van der Waals surface area contributed by atoms with Crippen molar-refractivity contribution in [2.75, 3.05) is 0 Å². The van der Waals surface area contributed by atoms with Crippen molar-refractivity contribution in [1.82, 2.24) is 10.3 Å². The highest BCUT2D eigenvalue weighted by Crippen LogP contribution is 2.37. The number of amides is 3. The quantitative estimate of drug-likeness (QED) is 0.339. The van der Waals surface area contributed by atoms with Crippen LogP contribution >= 0.6 is 11.6 Å². The number of carbonyl (C=O) groups excluding carboxylic acids is 2. The smallest absolute Gasteiger partial charge is 0.321 e. The van der Waals surface area contributed by atoms with Gasteiger partial charge in [0, 0.05) is 16.3 Å². The lowest BCUT2D eigenvalue weighted by Crippen LogP contribution is -2.49. The molecule has 1 aliphatic heterocycles. The molecule has 2 fully saturated rings. The minimum absolute atomic E-state index is 0.252. The van der Waals surface area contributed by atoms with E-state index in [1.807, 2.05) is 48.5 Å². The fraction of sp³-hybridized carbons (Fsp3) is 0.292. The summed E-state index contributed by atoms with van der Waals surface area (Å²) in [6.45, 7) is 2.18. The third-order valence-corrected chi connectivity index (χ3v) is 6.89. The lowest BCUT2D eigenvalue weighted by molar-refractivity contribution is -0.132. The summed E-state index contributed by atoms with van der Waals surface area (Å²) in [5.74, 6) is 0.322. The van der Waals surface area contributed by atoms with Crippen molar-refractivity contribution in [2.45, 2.75) is 38.1 Å². The molecule has 152 valence electrons. The molecule has 0 bridgehead atoms. The first kappa shape index (κ1) is 19.1. The molecule has 30 heavy (non-hydrogen) atoms. The van der Waals surface area contributed by atoms with Gasteiger partial charge in [0.2, 0.25) is 0 Å². The summed E-state index contributed by atoms with van der Waals surface area (Å²) in [6.07, 6.45) is 4.80. The summed E-state index contributed by atoms with van der Waals surface area (Å²) in [5.41, 5.74) is 0.0369. The van der Waals surface area contributed by atoms with E-state index in [9.17, 15) is 9.59 Å². The normalized spacial score (nSPS) is 24.5. The summed E-state index contributed by atoms with van der Waals surface area (Å²) >= 11 is 6.66. The van der Waals surface area contributed by atoms with Crippen LogP contribution in [0.25, 0.3) is 21.5 Å². The monoisotopic (exact) mass is 419 g/mol. The maximum absolute atomic E-state index is 13.1. The number of urea groups is 1. The van der Waals surface area contributed by atoms with Crippen LogP contribution in [0, 0.1) is 5.92 Å². The molecule has 6 heteroatoms. The van der Waals surface area contributed by atoms with Crippen molar-refractivity contribution in [3.63, 3.8) is 0 Å². The lowest BCUT2D eigenvalue weighted by Gasteiger charge is -2.33. The van der Waals surface area contributed by atoms with Crippen LogP contribution in [0.4, 0.5) is 4.79 Å². The van der Waals surface area contributed by atoms with Crippen molar-refractivity contribution in [3.05, 3.63) is 59.1 Å². The van der Waals surface area contributed by atoms with Crippen LogP contribution in [0.2, 0.25) is 5.02 Å². The Hall–Kier alpha value is -2.92. The molecule has 0 radical (unpaired) electrons. The largest absolute Gasteiger partial charge is 0.346 e. The average molecular weight is 420 g/mol. The van der Waals surface area contributed by atoms with Gasteiger partial charge in [-0.15, -0.1) is 5.01 Å². The van der Waals surface area contributed by atoms with Crippen molar-refractivity contribution in [3.8, 4) is 0 Å². The van der Waals surface area contributed by atoms with Gasteiger partial charge in [-0.1, -0.05) is 67.1 Å². The first-order valence-corrected chi connectivity index (χ1v) is 10.7. The van der Waals surface area contributed by atoms with Gasteiger partial charge in [-0.2, -0.15) is 5.10 Å². The third-order valence-electron chi connectivity index (χ3n) is 6.48. The van der Waals surface area contributed by atoms with Crippen LogP contribution in [0.15, 0.2) is 53.6 Å². The molecule has 1 saturated heterocycles. The van der Waals surface area contributed by atoms with Crippen molar-refractivity contribution < 1.29 is 9.59 Å². The Balaban J connectivity index is 1.58. The van der Waals surface area contributed by atoms with Gasteiger partial charge in [0.1, 0.15) is 5.54 Å². The number of carbonyl (C=O) groups is 2. The second kappa shape index (κ2) is 7.10. The fourth-order valence-corrected chi connectivity index (χ4v) is 5.00. The molecule has 1 heterocycles. The number of imide groups is 1. The Bertz CT molecular complexity index is 1150. The van der Waals surface area contributed by atoms with E-state index in [4.69, 9.17) is 11.6 Å².